The Balaban J connectivity index is 2.31. The first-order chi connectivity index (χ1) is 8.06. The van der Waals surface area contributed by atoms with Crippen molar-refractivity contribution in [1.82, 2.24) is 14.7 Å². The van der Waals surface area contributed by atoms with Crippen molar-refractivity contribution in [1.29, 1.82) is 0 Å². The van der Waals surface area contributed by atoms with E-state index in [4.69, 9.17) is 0 Å². The van der Waals surface area contributed by atoms with Crippen molar-refractivity contribution in [3.8, 4) is 0 Å². The van der Waals surface area contributed by atoms with Crippen molar-refractivity contribution >= 4 is 5.91 Å². The Hall–Kier alpha value is -1.36. The topological polar surface area (TPSA) is 58.4 Å². The number of amides is 1. The van der Waals surface area contributed by atoms with Crippen LogP contribution in [0.3, 0.4) is 0 Å². The Labute approximate surface area is 101 Å². The third-order valence-corrected chi connectivity index (χ3v) is 3.57. The zero-order chi connectivity index (χ0) is 12.6. The predicted molar refractivity (Wildman–Crippen MR) is 63.8 cm³/mol. The maximum Gasteiger partial charge on any atom is 0.257 e. The molecule has 1 N–H and O–H groups in total. The number of likely N-dealkylation sites (tertiary alicyclic amines) is 1. The summed E-state index contributed by atoms with van der Waals surface area (Å²) in [5.41, 5.74) is 2.34. The summed E-state index contributed by atoms with van der Waals surface area (Å²) < 4.78 is 1.73. The molecule has 1 aromatic rings. The zero-order valence-electron chi connectivity index (χ0n) is 10.6. The summed E-state index contributed by atoms with van der Waals surface area (Å²) >= 11 is 0. The van der Waals surface area contributed by atoms with E-state index < -0.39 is 0 Å². The fourth-order valence-corrected chi connectivity index (χ4v) is 2.52. The average molecular weight is 237 g/mol. The number of aliphatic hydroxyl groups excluding tert-OH is 1. The van der Waals surface area contributed by atoms with Gasteiger partial charge in [-0.3, -0.25) is 9.48 Å². The monoisotopic (exact) mass is 237 g/mol. The van der Waals surface area contributed by atoms with E-state index in [9.17, 15) is 9.90 Å². The van der Waals surface area contributed by atoms with Gasteiger partial charge in [0.05, 0.1) is 23.9 Å². The van der Waals surface area contributed by atoms with Gasteiger partial charge >= 0.3 is 0 Å². The molecule has 1 amide bonds. The van der Waals surface area contributed by atoms with E-state index in [1.165, 1.54) is 0 Å². The smallest absolute Gasteiger partial charge is 0.257 e. The van der Waals surface area contributed by atoms with Crippen molar-refractivity contribution in [2.45, 2.75) is 32.7 Å². The van der Waals surface area contributed by atoms with Crippen LogP contribution in [-0.2, 0) is 7.05 Å². The number of hydrogen-bond acceptors (Lipinski definition) is 3. The van der Waals surface area contributed by atoms with Crippen LogP contribution in [0.2, 0.25) is 0 Å². The Kier molecular flexibility index (Phi) is 3.19. The van der Waals surface area contributed by atoms with Gasteiger partial charge in [0.2, 0.25) is 0 Å². The minimum atomic E-state index is -0.0264. The van der Waals surface area contributed by atoms with Gasteiger partial charge in [-0.2, -0.15) is 5.10 Å². The molecule has 0 radical (unpaired) electrons. The normalized spacial score (nSPS) is 20.0. The summed E-state index contributed by atoms with van der Waals surface area (Å²) in [6.45, 7) is 4.53. The minimum absolute atomic E-state index is 0.00431. The lowest BCUT2D eigenvalue weighted by Gasteiger charge is -2.23. The Morgan fingerprint density at radius 3 is 2.76 bits per heavy atom. The standard InChI is InChI=1S/C12H19N3O2/c1-8-11(9(2)14(3)13-8)12(17)15-6-4-5-10(15)7-16/h10,16H,4-7H2,1-3H3/t10-/m1/s1. The average Bonchev–Trinajstić information content (AvgIpc) is 2.84. The van der Waals surface area contributed by atoms with E-state index in [1.54, 1.807) is 9.58 Å². The summed E-state index contributed by atoms with van der Waals surface area (Å²) in [6.07, 6.45) is 1.86. The summed E-state index contributed by atoms with van der Waals surface area (Å²) in [4.78, 5) is 14.2. The van der Waals surface area contributed by atoms with E-state index in [0.717, 1.165) is 30.8 Å². The van der Waals surface area contributed by atoms with Crippen LogP contribution in [0.5, 0.6) is 0 Å². The van der Waals surface area contributed by atoms with Crippen LogP contribution in [-0.4, -0.2) is 44.9 Å². The fourth-order valence-electron chi connectivity index (χ4n) is 2.52. The minimum Gasteiger partial charge on any atom is -0.394 e. The van der Waals surface area contributed by atoms with Crippen LogP contribution in [0.1, 0.15) is 34.6 Å². The van der Waals surface area contributed by atoms with Gasteiger partial charge in [0.25, 0.3) is 5.91 Å². The lowest BCUT2D eigenvalue weighted by Crippen LogP contribution is -2.38. The molecule has 1 aliphatic rings. The molecule has 17 heavy (non-hydrogen) atoms. The highest BCUT2D eigenvalue weighted by Gasteiger charge is 2.31. The van der Waals surface area contributed by atoms with Crippen molar-refractivity contribution in [2.75, 3.05) is 13.2 Å². The molecule has 1 saturated heterocycles. The van der Waals surface area contributed by atoms with Crippen LogP contribution in [0.25, 0.3) is 0 Å². The molecule has 1 aliphatic heterocycles. The second kappa shape index (κ2) is 4.49. The van der Waals surface area contributed by atoms with Crippen LogP contribution >= 0.6 is 0 Å². The quantitative estimate of drug-likeness (QED) is 0.821. The van der Waals surface area contributed by atoms with E-state index in [-0.39, 0.29) is 18.6 Å². The van der Waals surface area contributed by atoms with Crippen LogP contribution < -0.4 is 0 Å². The number of nitrogens with zero attached hydrogens (tertiary/aromatic N) is 3. The molecule has 0 spiro atoms. The van der Waals surface area contributed by atoms with Crippen LogP contribution in [0, 0.1) is 13.8 Å². The van der Waals surface area contributed by atoms with Gasteiger partial charge in [0, 0.05) is 19.3 Å². The third-order valence-electron chi connectivity index (χ3n) is 3.57. The zero-order valence-corrected chi connectivity index (χ0v) is 10.6. The lowest BCUT2D eigenvalue weighted by molar-refractivity contribution is 0.0676. The molecule has 1 atom stereocenters. The number of aryl methyl sites for hydroxylation is 2. The molecule has 94 valence electrons. The first kappa shape index (κ1) is 12.1. The van der Waals surface area contributed by atoms with Gasteiger partial charge in [-0.1, -0.05) is 0 Å². The molecule has 0 unspecified atom stereocenters. The number of aromatic nitrogens is 2. The molecule has 0 saturated carbocycles. The van der Waals surface area contributed by atoms with E-state index in [2.05, 4.69) is 5.10 Å². The molecular weight excluding hydrogens is 218 g/mol. The van der Waals surface area contributed by atoms with Crippen molar-refractivity contribution < 1.29 is 9.90 Å². The molecule has 0 aromatic carbocycles. The van der Waals surface area contributed by atoms with Crippen molar-refractivity contribution in [2.24, 2.45) is 7.05 Å². The first-order valence-corrected chi connectivity index (χ1v) is 5.98. The fraction of sp³-hybridized carbons (Fsp3) is 0.667. The van der Waals surface area contributed by atoms with Gasteiger partial charge in [-0.05, 0) is 26.7 Å². The van der Waals surface area contributed by atoms with Gasteiger partial charge in [-0.15, -0.1) is 0 Å². The first-order valence-electron chi connectivity index (χ1n) is 5.98. The second-order valence-electron chi connectivity index (χ2n) is 4.65. The highest BCUT2D eigenvalue weighted by molar-refractivity contribution is 5.96. The van der Waals surface area contributed by atoms with Crippen molar-refractivity contribution in [3.63, 3.8) is 0 Å². The number of hydrogen-bond donors (Lipinski definition) is 1. The number of carbonyl (C=O) groups is 1. The molecule has 5 nitrogen and oxygen atoms in total. The number of carbonyl (C=O) groups excluding carboxylic acids is 1. The molecular formula is C12H19N3O2. The molecule has 0 aliphatic carbocycles. The van der Waals surface area contributed by atoms with Crippen LogP contribution in [0.4, 0.5) is 0 Å². The van der Waals surface area contributed by atoms with Gasteiger partial charge < -0.3 is 10.0 Å². The van der Waals surface area contributed by atoms with Gasteiger partial charge in [0.15, 0.2) is 0 Å². The van der Waals surface area contributed by atoms with E-state index in [0.29, 0.717) is 5.56 Å². The second-order valence-corrected chi connectivity index (χ2v) is 4.65. The summed E-state index contributed by atoms with van der Waals surface area (Å²) in [5.74, 6) is 0.00431. The number of rotatable bonds is 2. The molecule has 2 heterocycles. The molecule has 2 rings (SSSR count). The number of aliphatic hydroxyl groups is 1. The Morgan fingerprint density at radius 2 is 2.24 bits per heavy atom. The highest BCUT2D eigenvalue weighted by Crippen LogP contribution is 2.22. The van der Waals surface area contributed by atoms with E-state index >= 15 is 0 Å². The summed E-state index contributed by atoms with van der Waals surface area (Å²) in [6, 6.07) is -0.0264. The van der Waals surface area contributed by atoms with Gasteiger partial charge in [0.1, 0.15) is 0 Å². The lowest BCUT2D eigenvalue weighted by atomic mass is 10.1. The molecule has 0 bridgehead atoms. The molecule has 1 aromatic heterocycles. The highest BCUT2D eigenvalue weighted by atomic mass is 16.3. The van der Waals surface area contributed by atoms with Crippen molar-refractivity contribution in [3.05, 3.63) is 17.0 Å². The predicted octanol–water partition coefficient (Wildman–Crippen LogP) is 0.634. The maximum absolute atomic E-state index is 12.4. The summed E-state index contributed by atoms with van der Waals surface area (Å²) in [7, 11) is 1.84. The summed E-state index contributed by atoms with van der Waals surface area (Å²) in [5, 5.41) is 13.5. The Morgan fingerprint density at radius 1 is 1.53 bits per heavy atom. The Bertz CT molecular complexity index is 439. The van der Waals surface area contributed by atoms with E-state index in [1.807, 2.05) is 20.9 Å². The third kappa shape index (κ3) is 1.95. The SMILES string of the molecule is Cc1nn(C)c(C)c1C(=O)N1CCC[C@@H]1CO. The molecule has 1 fully saturated rings. The molecule has 5 heteroatoms. The van der Waals surface area contributed by atoms with Gasteiger partial charge in [-0.25, -0.2) is 0 Å². The maximum atomic E-state index is 12.4. The largest absolute Gasteiger partial charge is 0.394 e. The van der Waals surface area contributed by atoms with Crippen LogP contribution in [0.15, 0.2) is 0 Å².